The van der Waals surface area contributed by atoms with Crippen LogP contribution in [0.1, 0.15) is 21.5 Å². The van der Waals surface area contributed by atoms with Crippen LogP contribution in [0.25, 0.3) is 0 Å². The number of carbonyl (C=O) groups is 2. The maximum atomic E-state index is 11.8. The van der Waals surface area contributed by atoms with E-state index in [1.165, 1.54) is 7.11 Å². The first kappa shape index (κ1) is 20.3. The summed E-state index contributed by atoms with van der Waals surface area (Å²) in [6, 6.07) is 12.6. The Morgan fingerprint density at radius 3 is 2.11 bits per heavy atom. The highest BCUT2D eigenvalue weighted by molar-refractivity contribution is 5.92. The lowest BCUT2D eigenvalue weighted by molar-refractivity contribution is -0.142. The van der Waals surface area contributed by atoms with E-state index < -0.39 is 5.91 Å². The number of carbonyl (C=O) groups excluding carboxylic acids is 2. The van der Waals surface area contributed by atoms with E-state index in [0.717, 1.165) is 11.1 Å². The van der Waals surface area contributed by atoms with Gasteiger partial charge in [0.2, 0.25) is 5.91 Å². The molecule has 0 spiro atoms. The van der Waals surface area contributed by atoms with Gasteiger partial charge < -0.3 is 19.9 Å². The van der Waals surface area contributed by atoms with Crippen molar-refractivity contribution >= 4 is 11.9 Å². The third kappa shape index (κ3) is 6.00. The van der Waals surface area contributed by atoms with Crippen LogP contribution in [0.4, 0.5) is 0 Å². The van der Waals surface area contributed by atoms with Gasteiger partial charge in [0.15, 0.2) is 0 Å². The molecule has 2 aromatic rings. The lowest BCUT2D eigenvalue weighted by Gasteiger charge is -2.22. The van der Waals surface area contributed by atoms with E-state index in [1.54, 1.807) is 38.5 Å². The van der Waals surface area contributed by atoms with Crippen molar-refractivity contribution < 1.29 is 23.8 Å². The minimum absolute atomic E-state index is 0.0941. The molecule has 0 saturated heterocycles. The molecule has 0 bridgehead atoms. The summed E-state index contributed by atoms with van der Waals surface area (Å²) < 4.78 is 15.4. The van der Waals surface area contributed by atoms with Crippen LogP contribution in [-0.2, 0) is 22.6 Å². The Balaban J connectivity index is 2.25. The zero-order valence-corrected chi connectivity index (χ0v) is 15.7. The molecule has 27 heavy (non-hydrogen) atoms. The first-order chi connectivity index (χ1) is 12.9. The molecule has 0 aromatic heterocycles. The minimum atomic E-state index is -0.492. The van der Waals surface area contributed by atoms with Crippen molar-refractivity contribution in [2.75, 3.05) is 27.9 Å². The molecule has 2 N–H and O–H groups in total. The van der Waals surface area contributed by atoms with E-state index in [1.807, 2.05) is 23.1 Å². The number of ether oxygens (including phenoxy) is 3. The standard InChI is InChI=1S/C20H24N2O5/c1-25-17-8-15(9-18(10-17)26-2)12-22(13-19(23)27-3)11-14-5-4-6-16(7-14)20(21)24/h4-10H,11-13H2,1-3H3,(H2,21,24). The van der Waals surface area contributed by atoms with Crippen molar-refractivity contribution in [3.05, 3.63) is 59.2 Å². The summed E-state index contributed by atoms with van der Waals surface area (Å²) in [6.45, 7) is 0.996. The summed E-state index contributed by atoms with van der Waals surface area (Å²) in [4.78, 5) is 25.1. The second kappa shape index (κ2) is 9.59. The maximum absolute atomic E-state index is 11.8. The van der Waals surface area contributed by atoms with Crippen molar-refractivity contribution in [3.63, 3.8) is 0 Å². The average Bonchev–Trinajstić information content (AvgIpc) is 2.67. The van der Waals surface area contributed by atoms with Crippen LogP contribution < -0.4 is 15.2 Å². The Hall–Kier alpha value is -3.06. The summed E-state index contributed by atoms with van der Waals surface area (Å²) in [5, 5.41) is 0. The van der Waals surface area contributed by atoms with Gasteiger partial charge >= 0.3 is 5.97 Å². The number of benzene rings is 2. The number of hydrogen-bond acceptors (Lipinski definition) is 6. The number of methoxy groups -OCH3 is 3. The molecule has 2 aromatic carbocycles. The van der Waals surface area contributed by atoms with Crippen molar-refractivity contribution in [3.8, 4) is 11.5 Å². The van der Waals surface area contributed by atoms with Crippen molar-refractivity contribution in [2.45, 2.75) is 13.1 Å². The van der Waals surface area contributed by atoms with Gasteiger partial charge in [-0.05, 0) is 35.4 Å². The Morgan fingerprint density at radius 1 is 0.926 bits per heavy atom. The normalized spacial score (nSPS) is 10.5. The highest BCUT2D eigenvalue weighted by Crippen LogP contribution is 2.24. The fourth-order valence-electron chi connectivity index (χ4n) is 2.71. The molecule has 144 valence electrons. The highest BCUT2D eigenvalue weighted by atomic mass is 16.5. The fraction of sp³-hybridized carbons (Fsp3) is 0.300. The molecule has 7 nitrogen and oxygen atoms in total. The Morgan fingerprint density at radius 2 is 1.56 bits per heavy atom. The first-order valence-electron chi connectivity index (χ1n) is 8.35. The molecule has 2 rings (SSSR count). The van der Waals surface area contributed by atoms with E-state index in [4.69, 9.17) is 19.9 Å². The number of hydrogen-bond donors (Lipinski definition) is 1. The van der Waals surface area contributed by atoms with E-state index in [0.29, 0.717) is 30.2 Å². The van der Waals surface area contributed by atoms with Crippen molar-refractivity contribution in [1.29, 1.82) is 0 Å². The lowest BCUT2D eigenvalue weighted by Crippen LogP contribution is -2.30. The van der Waals surface area contributed by atoms with Gasteiger partial charge in [0.25, 0.3) is 0 Å². The quantitative estimate of drug-likeness (QED) is 0.677. The van der Waals surface area contributed by atoms with E-state index in [2.05, 4.69) is 0 Å². The number of esters is 1. The SMILES string of the molecule is COC(=O)CN(Cc1cc(OC)cc(OC)c1)Cc1cccc(C(N)=O)c1. The number of rotatable bonds is 9. The largest absolute Gasteiger partial charge is 0.497 e. The summed E-state index contributed by atoms with van der Waals surface area (Å²) in [5.74, 6) is 0.487. The van der Waals surface area contributed by atoms with Gasteiger partial charge in [-0.2, -0.15) is 0 Å². The van der Waals surface area contributed by atoms with Crippen molar-refractivity contribution in [1.82, 2.24) is 4.90 Å². The van der Waals surface area contributed by atoms with Crippen LogP contribution in [0.5, 0.6) is 11.5 Å². The third-order valence-electron chi connectivity index (χ3n) is 4.02. The summed E-state index contributed by atoms with van der Waals surface area (Å²) in [6.07, 6.45) is 0. The summed E-state index contributed by atoms with van der Waals surface area (Å²) in [7, 11) is 4.52. The molecular formula is C20H24N2O5. The second-order valence-electron chi connectivity index (χ2n) is 6.01. The molecule has 0 saturated carbocycles. The predicted molar refractivity (Wildman–Crippen MR) is 101 cm³/mol. The number of primary amides is 1. The zero-order valence-electron chi connectivity index (χ0n) is 15.7. The van der Waals surface area contributed by atoms with Gasteiger partial charge in [-0.1, -0.05) is 12.1 Å². The van der Waals surface area contributed by atoms with Gasteiger partial charge in [0.05, 0.1) is 27.9 Å². The smallest absolute Gasteiger partial charge is 0.319 e. The number of amides is 1. The first-order valence-corrected chi connectivity index (χ1v) is 8.35. The van der Waals surface area contributed by atoms with Crippen LogP contribution >= 0.6 is 0 Å². The number of nitrogens with zero attached hydrogens (tertiary/aromatic N) is 1. The van der Waals surface area contributed by atoms with Crippen LogP contribution in [0, 0.1) is 0 Å². The Bertz CT molecular complexity index is 784. The monoisotopic (exact) mass is 372 g/mol. The summed E-state index contributed by atoms with van der Waals surface area (Å²) >= 11 is 0. The van der Waals surface area contributed by atoms with Crippen LogP contribution in [0.15, 0.2) is 42.5 Å². The van der Waals surface area contributed by atoms with Gasteiger partial charge in [0.1, 0.15) is 11.5 Å². The molecule has 0 aliphatic carbocycles. The highest BCUT2D eigenvalue weighted by Gasteiger charge is 2.14. The molecular weight excluding hydrogens is 348 g/mol. The van der Waals surface area contributed by atoms with Gasteiger partial charge in [-0.15, -0.1) is 0 Å². The molecule has 0 fully saturated rings. The molecule has 0 heterocycles. The average molecular weight is 372 g/mol. The molecule has 0 aliphatic heterocycles. The van der Waals surface area contributed by atoms with Crippen molar-refractivity contribution in [2.24, 2.45) is 5.73 Å². The van der Waals surface area contributed by atoms with Gasteiger partial charge in [0, 0.05) is 24.7 Å². The van der Waals surface area contributed by atoms with Crippen LogP contribution in [0.2, 0.25) is 0 Å². The van der Waals surface area contributed by atoms with Gasteiger partial charge in [-0.3, -0.25) is 14.5 Å². The van der Waals surface area contributed by atoms with Crippen LogP contribution in [0.3, 0.4) is 0 Å². The van der Waals surface area contributed by atoms with Crippen LogP contribution in [-0.4, -0.2) is 44.7 Å². The second-order valence-corrected chi connectivity index (χ2v) is 6.01. The molecule has 1 amide bonds. The topological polar surface area (TPSA) is 91.1 Å². The number of nitrogens with two attached hydrogens (primary N) is 1. The van der Waals surface area contributed by atoms with E-state index in [9.17, 15) is 9.59 Å². The fourth-order valence-corrected chi connectivity index (χ4v) is 2.71. The Labute approximate surface area is 158 Å². The molecule has 7 heteroatoms. The predicted octanol–water partition coefficient (Wildman–Crippen LogP) is 1.98. The van der Waals surface area contributed by atoms with E-state index in [-0.39, 0.29) is 12.5 Å². The zero-order chi connectivity index (χ0) is 19.8. The molecule has 0 radical (unpaired) electrons. The minimum Gasteiger partial charge on any atom is -0.497 e. The van der Waals surface area contributed by atoms with E-state index >= 15 is 0 Å². The summed E-state index contributed by atoms with van der Waals surface area (Å²) in [5.41, 5.74) is 7.56. The molecule has 0 aliphatic rings. The van der Waals surface area contributed by atoms with Gasteiger partial charge in [-0.25, -0.2) is 0 Å². The Kier molecular flexibility index (Phi) is 7.19. The molecule has 0 atom stereocenters. The third-order valence-corrected chi connectivity index (χ3v) is 4.02. The lowest BCUT2D eigenvalue weighted by atomic mass is 10.1. The maximum Gasteiger partial charge on any atom is 0.319 e. The molecule has 0 unspecified atom stereocenters.